The van der Waals surface area contributed by atoms with E-state index >= 15 is 0 Å². The van der Waals surface area contributed by atoms with Crippen LogP contribution in [-0.2, 0) is 22.5 Å². The number of pyridine rings is 2. The molecule has 0 amide bonds. The topological polar surface area (TPSA) is 108 Å². The van der Waals surface area contributed by atoms with Crippen molar-refractivity contribution >= 4 is 16.9 Å². The van der Waals surface area contributed by atoms with Gasteiger partial charge in [-0.25, -0.2) is 9.97 Å². The van der Waals surface area contributed by atoms with Crippen LogP contribution in [0.3, 0.4) is 0 Å². The number of methoxy groups -OCH3 is 2. The Morgan fingerprint density at radius 1 is 1.24 bits per heavy atom. The predicted molar refractivity (Wildman–Crippen MR) is 125 cm³/mol. The molecule has 1 aliphatic heterocycles. The maximum absolute atomic E-state index is 13.7. The number of aryl methyl sites for hydroxylation is 2. The van der Waals surface area contributed by atoms with Crippen LogP contribution in [0.1, 0.15) is 34.9 Å². The number of rotatable bonds is 6. The average molecular weight is 460 g/mol. The second-order valence-electron chi connectivity index (χ2n) is 8.22. The smallest absolute Gasteiger partial charge is 0.306 e. The first-order valence-electron chi connectivity index (χ1n) is 10.9. The number of fused-ring (bicyclic) bond motifs is 3. The fraction of sp³-hybridized carbons (Fsp3) is 0.280. The summed E-state index contributed by atoms with van der Waals surface area (Å²) in [5.74, 6) is 0.516. The highest BCUT2D eigenvalue weighted by molar-refractivity contribution is 5.83. The first-order valence-corrected chi connectivity index (χ1v) is 10.9. The maximum atomic E-state index is 13.7. The van der Waals surface area contributed by atoms with E-state index in [2.05, 4.69) is 15.0 Å². The first-order chi connectivity index (χ1) is 16.5. The minimum Gasteiger partial charge on any atom is -0.497 e. The highest BCUT2D eigenvalue weighted by atomic mass is 16.5. The van der Waals surface area contributed by atoms with Gasteiger partial charge in [0.1, 0.15) is 11.5 Å². The van der Waals surface area contributed by atoms with E-state index < -0.39 is 11.9 Å². The molecule has 1 aliphatic rings. The van der Waals surface area contributed by atoms with Gasteiger partial charge in [-0.2, -0.15) is 0 Å². The van der Waals surface area contributed by atoms with E-state index in [0.717, 1.165) is 22.3 Å². The highest BCUT2D eigenvalue weighted by Gasteiger charge is 2.34. The molecule has 0 unspecified atom stereocenters. The number of aromatic amines is 1. The molecule has 174 valence electrons. The Bertz CT molecular complexity index is 1440. The number of carbonyl (C=O) groups excluding carboxylic acids is 1. The molecule has 9 nitrogen and oxygen atoms in total. The number of hydrogen-bond donors (Lipinski definition) is 1. The number of carbonyl (C=O) groups is 1. The van der Waals surface area contributed by atoms with Crippen LogP contribution in [0.4, 0.5) is 0 Å². The molecule has 9 heteroatoms. The molecule has 34 heavy (non-hydrogen) atoms. The lowest BCUT2D eigenvalue weighted by Crippen LogP contribution is -2.31. The zero-order valence-corrected chi connectivity index (χ0v) is 19.1. The molecule has 0 fully saturated rings. The van der Waals surface area contributed by atoms with Gasteiger partial charge in [-0.05, 0) is 31.2 Å². The normalized spacial score (nSPS) is 14.3. The number of ether oxygens (including phenoxy) is 3. The Hall–Kier alpha value is -4.14. The van der Waals surface area contributed by atoms with Crippen LogP contribution in [0, 0.1) is 6.92 Å². The SMILES string of the molecule is COC(=O)C[C@@H]1c2cc3cc(OC)ccc3nc2Oc2cc(C)n(CCc3cnc[nH]3)c(=O)c21. The molecule has 1 aromatic carbocycles. The van der Waals surface area contributed by atoms with Crippen LogP contribution in [0.15, 0.2) is 47.7 Å². The van der Waals surface area contributed by atoms with Crippen molar-refractivity contribution in [1.82, 2.24) is 19.5 Å². The third kappa shape index (κ3) is 3.79. The molecule has 0 bridgehead atoms. The average Bonchev–Trinajstić information content (AvgIpc) is 3.35. The summed E-state index contributed by atoms with van der Waals surface area (Å²) in [5, 5.41) is 0.826. The number of aromatic nitrogens is 4. The van der Waals surface area contributed by atoms with Gasteiger partial charge in [0.15, 0.2) is 0 Å². The summed E-state index contributed by atoms with van der Waals surface area (Å²) in [4.78, 5) is 37.9. The van der Waals surface area contributed by atoms with E-state index in [4.69, 9.17) is 14.2 Å². The van der Waals surface area contributed by atoms with Crippen LogP contribution in [0.5, 0.6) is 17.4 Å². The Kier molecular flexibility index (Phi) is 5.53. The van der Waals surface area contributed by atoms with Crippen LogP contribution in [0.25, 0.3) is 10.9 Å². The summed E-state index contributed by atoms with van der Waals surface area (Å²) in [7, 11) is 2.94. The van der Waals surface area contributed by atoms with Gasteiger partial charge in [0.2, 0.25) is 5.88 Å². The fourth-order valence-corrected chi connectivity index (χ4v) is 4.43. The van der Waals surface area contributed by atoms with Crippen molar-refractivity contribution in [2.45, 2.75) is 32.2 Å². The molecule has 4 heterocycles. The van der Waals surface area contributed by atoms with E-state index in [1.807, 2.05) is 37.3 Å². The number of H-pyrrole nitrogens is 1. The number of nitrogens with zero attached hydrogens (tertiary/aromatic N) is 3. The Morgan fingerprint density at radius 2 is 2.09 bits per heavy atom. The number of benzene rings is 1. The van der Waals surface area contributed by atoms with Crippen LogP contribution < -0.4 is 15.0 Å². The van der Waals surface area contributed by atoms with Crippen LogP contribution in [-0.4, -0.2) is 39.7 Å². The molecule has 0 spiro atoms. The van der Waals surface area contributed by atoms with Crippen molar-refractivity contribution < 1.29 is 19.0 Å². The number of esters is 1. The van der Waals surface area contributed by atoms with Crippen LogP contribution in [0.2, 0.25) is 0 Å². The molecule has 0 radical (unpaired) electrons. The summed E-state index contributed by atoms with van der Waals surface area (Å²) in [5.41, 5.74) is 3.32. The van der Waals surface area contributed by atoms with Gasteiger partial charge in [0.25, 0.3) is 5.56 Å². The summed E-state index contributed by atoms with van der Waals surface area (Å²) in [6.07, 6.45) is 3.96. The van der Waals surface area contributed by atoms with E-state index in [9.17, 15) is 9.59 Å². The van der Waals surface area contributed by atoms with E-state index in [1.165, 1.54) is 7.11 Å². The third-order valence-electron chi connectivity index (χ3n) is 6.21. The van der Waals surface area contributed by atoms with Crippen molar-refractivity contribution in [3.05, 3.63) is 75.7 Å². The lowest BCUT2D eigenvalue weighted by Gasteiger charge is -2.28. The van der Waals surface area contributed by atoms with Gasteiger partial charge >= 0.3 is 5.97 Å². The third-order valence-corrected chi connectivity index (χ3v) is 6.21. The summed E-state index contributed by atoms with van der Waals surface area (Å²) in [6, 6.07) is 9.28. The standard InChI is InChI=1S/C25H24N4O5/c1-14-8-21-23(25(31)29(14)7-6-16-12-26-13-27-16)18(11-22(30)33-3)19-10-15-9-17(32-2)4-5-20(15)28-24(19)34-21/h4-5,8-10,12-13,18H,6-7,11H2,1-3H3,(H,26,27)/t18-/m1/s1. The van der Waals surface area contributed by atoms with Gasteiger partial charge in [0.05, 0.1) is 38.0 Å². The zero-order valence-electron chi connectivity index (χ0n) is 19.1. The molecular weight excluding hydrogens is 436 g/mol. The van der Waals surface area contributed by atoms with E-state index in [-0.39, 0.29) is 12.0 Å². The summed E-state index contributed by atoms with van der Waals surface area (Å²) < 4.78 is 18.1. The largest absolute Gasteiger partial charge is 0.497 e. The number of hydrogen-bond acceptors (Lipinski definition) is 7. The zero-order chi connectivity index (χ0) is 23.8. The fourth-order valence-electron chi connectivity index (χ4n) is 4.43. The van der Waals surface area contributed by atoms with Gasteiger partial charge in [-0.1, -0.05) is 0 Å². The first kappa shape index (κ1) is 21.7. The molecule has 1 atom stereocenters. The molecule has 4 aromatic rings. The monoisotopic (exact) mass is 460 g/mol. The quantitative estimate of drug-likeness (QED) is 0.439. The molecule has 0 saturated heterocycles. The van der Waals surface area contributed by atoms with Crippen molar-refractivity contribution in [1.29, 1.82) is 0 Å². The molecule has 3 aromatic heterocycles. The van der Waals surface area contributed by atoms with E-state index in [1.54, 1.807) is 24.2 Å². The lowest BCUT2D eigenvalue weighted by molar-refractivity contribution is -0.140. The van der Waals surface area contributed by atoms with Crippen molar-refractivity contribution in [2.24, 2.45) is 0 Å². The Balaban J connectivity index is 1.64. The molecule has 0 aliphatic carbocycles. The van der Waals surface area contributed by atoms with Crippen molar-refractivity contribution in [3.8, 4) is 17.4 Å². The number of nitrogens with one attached hydrogen (secondary N) is 1. The second-order valence-corrected chi connectivity index (χ2v) is 8.22. The second kappa shape index (κ2) is 8.66. The Labute approximate surface area is 195 Å². The minimum atomic E-state index is -0.555. The molecule has 0 saturated carbocycles. The summed E-state index contributed by atoms with van der Waals surface area (Å²) >= 11 is 0. The maximum Gasteiger partial charge on any atom is 0.306 e. The number of imidazole rings is 1. The predicted octanol–water partition coefficient (Wildman–Crippen LogP) is 3.48. The van der Waals surface area contributed by atoms with Gasteiger partial charge in [-0.3, -0.25) is 9.59 Å². The van der Waals surface area contributed by atoms with Crippen LogP contribution >= 0.6 is 0 Å². The minimum absolute atomic E-state index is 0.00410. The van der Waals surface area contributed by atoms with Gasteiger partial charge < -0.3 is 23.8 Å². The lowest BCUT2D eigenvalue weighted by atomic mass is 9.86. The van der Waals surface area contributed by atoms with E-state index in [0.29, 0.717) is 41.5 Å². The Morgan fingerprint density at radius 3 is 2.82 bits per heavy atom. The molecule has 1 N–H and O–H groups in total. The van der Waals surface area contributed by atoms with Gasteiger partial charge in [0, 0.05) is 53.5 Å². The highest BCUT2D eigenvalue weighted by Crippen LogP contribution is 2.45. The molecular formula is C25H24N4O5. The summed E-state index contributed by atoms with van der Waals surface area (Å²) in [6.45, 7) is 2.33. The van der Waals surface area contributed by atoms with Gasteiger partial charge in [-0.15, -0.1) is 0 Å². The van der Waals surface area contributed by atoms with Crippen molar-refractivity contribution in [2.75, 3.05) is 14.2 Å². The van der Waals surface area contributed by atoms with Crippen molar-refractivity contribution in [3.63, 3.8) is 0 Å². The molecule has 5 rings (SSSR count).